The molecule has 0 atom stereocenters. The van der Waals surface area contributed by atoms with Gasteiger partial charge in [0.25, 0.3) is 11.5 Å². The molecule has 0 saturated carbocycles. The smallest absolute Gasteiger partial charge is 0.258 e. The molecule has 27 heavy (non-hydrogen) atoms. The Morgan fingerprint density at radius 3 is 2.93 bits per heavy atom. The van der Waals surface area contributed by atoms with Crippen LogP contribution in [0.1, 0.15) is 21.7 Å². The lowest BCUT2D eigenvalue weighted by molar-refractivity contribution is 0.0951. The fourth-order valence-corrected chi connectivity index (χ4v) is 2.83. The maximum Gasteiger partial charge on any atom is 0.258 e. The number of nitrogens with one attached hydrogen (secondary N) is 2. The first-order chi connectivity index (χ1) is 13.1. The van der Waals surface area contributed by atoms with E-state index in [1.165, 1.54) is 6.33 Å². The standard InChI is InChI=1S/C19H16N6O2/c1-12-23-17-6-5-14(8-16(17)19(27)24-12)18(26)21-9-13-3-2-4-15(7-13)25-11-20-10-22-25/h2-8,10-11H,9H2,1H3,(H,21,26)(H,23,24,27). The maximum atomic E-state index is 12.5. The molecule has 134 valence electrons. The summed E-state index contributed by atoms with van der Waals surface area (Å²) in [6, 6.07) is 12.5. The molecule has 0 radical (unpaired) electrons. The average Bonchev–Trinajstić information content (AvgIpc) is 3.21. The number of aryl methyl sites for hydroxylation is 1. The number of H-pyrrole nitrogens is 1. The van der Waals surface area contributed by atoms with Crippen molar-refractivity contribution in [3.8, 4) is 5.69 Å². The number of rotatable bonds is 4. The third kappa shape index (κ3) is 3.45. The van der Waals surface area contributed by atoms with E-state index in [1.807, 2.05) is 24.3 Å². The van der Waals surface area contributed by atoms with Crippen LogP contribution in [-0.4, -0.2) is 30.6 Å². The summed E-state index contributed by atoms with van der Waals surface area (Å²) in [7, 11) is 0. The summed E-state index contributed by atoms with van der Waals surface area (Å²) < 4.78 is 1.65. The predicted molar refractivity (Wildman–Crippen MR) is 99.6 cm³/mol. The topological polar surface area (TPSA) is 106 Å². The van der Waals surface area contributed by atoms with Crippen LogP contribution in [0.25, 0.3) is 16.6 Å². The summed E-state index contributed by atoms with van der Waals surface area (Å²) in [4.78, 5) is 35.4. The van der Waals surface area contributed by atoms with Crippen molar-refractivity contribution >= 4 is 16.8 Å². The molecule has 8 nitrogen and oxygen atoms in total. The number of carbonyl (C=O) groups is 1. The van der Waals surface area contributed by atoms with Gasteiger partial charge in [0.2, 0.25) is 0 Å². The van der Waals surface area contributed by atoms with Gasteiger partial charge in [-0.2, -0.15) is 5.10 Å². The van der Waals surface area contributed by atoms with Crippen LogP contribution in [0.4, 0.5) is 0 Å². The van der Waals surface area contributed by atoms with Crippen LogP contribution < -0.4 is 10.9 Å². The number of fused-ring (bicyclic) bond motifs is 1. The molecule has 0 saturated heterocycles. The summed E-state index contributed by atoms with van der Waals surface area (Å²) in [6.45, 7) is 2.07. The predicted octanol–water partition coefficient (Wildman–Crippen LogP) is 1.74. The molecule has 2 aromatic carbocycles. The van der Waals surface area contributed by atoms with E-state index in [0.29, 0.717) is 28.8 Å². The molecule has 2 N–H and O–H groups in total. The Labute approximate surface area is 153 Å². The first-order valence-corrected chi connectivity index (χ1v) is 8.33. The van der Waals surface area contributed by atoms with Crippen LogP contribution in [0.5, 0.6) is 0 Å². The highest BCUT2D eigenvalue weighted by atomic mass is 16.1. The molecular formula is C19H16N6O2. The third-order valence-electron chi connectivity index (χ3n) is 4.13. The molecule has 2 heterocycles. The molecule has 4 rings (SSSR count). The zero-order chi connectivity index (χ0) is 18.8. The van der Waals surface area contributed by atoms with Crippen LogP contribution >= 0.6 is 0 Å². The van der Waals surface area contributed by atoms with Crippen molar-refractivity contribution in [1.82, 2.24) is 30.0 Å². The molecule has 8 heteroatoms. The summed E-state index contributed by atoms with van der Waals surface area (Å²) in [5, 5.41) is 7.35. The van der Waals surface area contributed by atoms with E-state index >= 15 is 0 Å². The van der Waals surface area contributed by atoms with Crippen molar-refractivity contribution < 1.29 is 4.79 Å². The Morgan fingerprint density at radius 1 is 1.22 bits per heavy atom. The molecule has 0 aliphatic carbocycles. The summed E-state index contributed by atoms with van der Waals surface area (Å²) in [6.07, 6.45) is 3.08. The minimum Gasteiger partial charge on any atom is -0.348 e. The highest BCUT2D eigenvalue weighted by molar-refractivity contribution is 5.97. The number of hydrogen-bond acceptors (Lipinski definition) is 5. The number of aromatic nitrogens is 5. The number of carbonyl (C=O) groups excluding carboxylic acids is 1. The van der Waals surface area contributed by atoms with Gasteiger partial charge in [0.05, 0.1) is 16.6 Å². The average molecular weight is 360 g/mol. The van der Waals surface area contributed by atoms with Gasteiger partial charge in [0.1, 0.15) is 18.5 Å². The normalized spacial score (nSPS) is 10.9. The van der Waals surface area contributed by atoms with Crippen LogP contribution in [0.3, 0.4) is 0 Å². The number of hydrogen-bond donors (Lipinski definition) is 2. The van der Waals surface area contributed by atoms with E-state index in [1.54, 1.807) is 36.1 Å². The fourth-order valence-electron chi connectivity index (χ4n) is 2.83. The Hall–Kier alpha value is -3.81. The van der Waals surface area contributed by atoms with Gasteiger partial charge >= 0.3 is 0 Å². The second kappa shape index (κ2) is 6.83. The lowest BCUT2D eigenvalue weighted by Gasteiger charge is -2.08. The molecule has 0 bridgehead atoms. The zero-order valence-corrected chi connectivity index (χ0v) is 14.5. The van der Waals surface area contributed by atoms with Gasteiger partial charge in [0, 0.05) is 12.1 Å². The van der Waals surface area contributed by atoms with Gasteiger partial charge < -0.3 is 10.3 Å². The number of amides is 1. The molecule has 2 aromatic heterocycles. The van der Waals surface area contributed by atoms with Crippen molar-refractivity contribution in [2.75, 3.05) is 0 Å². The molecule has 0 spiro atoms. The monoisotopic (exact) mass is 360 g/mol. The summed E-state index contributed by atoms with van der Waals surface area (Å²) in [5.41, 5.74) is 2.50. The van der Waals surface area contributed by atoms with Crippen LogP contribution in [0.2, 0.25) is 0 Å². The number of aromatic amines is 1. The van der Waals surface area contributed by atoms with Crippen molar-refractivity contribution in [3.63, 3.8) is 0 Å². The molecule has 0 unspecified atom stereocenters. The van der Waals surface area contributed by atoms with E-state index in [9.17, 15) is 9.59 Å². The van der Waals surface area contributed by atoms with E-state index in [2.05, 4.69) is 25.4 Å². The Kier molecular flexibility index (Phi) is 4.21. The summed E-state index contributed by atoms with van der Waals surface area (Å²) >= 11 is 0. The van der Waals surface area contributed by atoms with Crippen molar-refractivity contribution in [2.24, 2.45) is 0 Å². The molecule has 0 fully saturated rings. The quantitative estimate of drug-likeness (QED) is 0.577. The van der Waals surface area contributed by atoms with Gasteiger partial charge in [-0.25, -0.2) is 14.6 Å². The first-order valence-electron chi connectivity index (χ1n) is 8.33. The van der Waals surface area contributed by atoms with E-state index in [4.69, 9.17) is 0 Å². The first kappa shape index (κ1) is 16.6. The van der Waals surface area contributed by atoms with Gasteiger partial charge in [-0.3, -0.25) is 9.59 Å². The summed E-state index contributed by atoms with van der Waals surface area (Å²) in [5.74, 6) is 0.278. The molecule has 1 amide bonds. The minimum absolute atomic E-state index is 0.257. The van der Waals surface area contributed by atoms with Crippen LogP contribution in [0.15, 0.2) is 59.9 Å². The van der Waals surface area contributed by atoms with Crippen LogP contribution in [0, 0.1) is 6.92 Å². The Balaban J connectivity index is 1.52. The lowest BCUT2D eigenvalue weighted by Crippen LogP contribution is -2.23. The van der Waals surface area contributed by atoms with Crippen molar-refractivity contribution in [1.29, 1.82) is 0 Å². The van der Waals surface area contributed by atoms with Gasteiger partial charge in [-0.15, -0.1) is 0 Å². The number of benzene rings is 2. The lowest BCUT2D eigenvalue weighted by atomic mass is 10.1. The molecule has 0 aliphatic rings. The fraction of sp³-hybridized carbons (Fsp3) is 0.105. The second-order valence-electron chi connectivity index (χ2n) is 6.08. The van der Waals surface area contributed by atoms with Gasteiger partial charge in [0.15, 0.2) is 0 Å². The maximum absolute atomic E-state index is 12.5. The van der Waals surface area contributed by atoms with E-state index in [-0.39, 0.29) is 11.5 Å². The van der Waals surface area contributed by atoms with E-state index in [0.717, 1.165) is 11.3 Å². The second-order valence-corrected chi connectivity index (χ2v) is 6.08. The molecule has 4 aromatic rings. The van der Waals surface area contributed by atoms with Gasteiger partial charge in [-0.1, -0.05) is 12.1 Å². The van der Waals surface area contributed by atoms with Gasteiger partial charge in [-0.05, 0) is 42.8 Å². The highest BCUT2D eigenvalue weighted by Crippen LogP contribution is 2.12. The van der Waals surface area contributed by atoms with Crippen molar-refractivity contribution in [2.45, 2.75) is 13.5 Å². The molecular weight excluding hydrogens is 344 g/mol. The van der Waals surface area contributed by atoms with Crippen molar-refractivity contribution in [3.05, 3.63) is 82.4 Å². The zero-order valence-electron chi connectivity index (χ0n) is 14.5. The minimum atomic E-state index is -0.261. The van der Waals surface area contributed by atoms with Crippen LogP contribution in [-0.2, 0) is 6.54 Å². The SMILES string of the molecule is Cc1nc2ccc(C(=O)NCc3cccc(-n4cncn4)c3)cc2c(=O)[nH]1. The Morgan fingerprint density at radius 2 is 2.11 bits per heavy atom. The third-order valence-corrected chi connectivity index (χ3v) is 4.13. The van der Waals surface area contributed by atoms with E-state index < -0.39 is 0 Å². The highest BCUT2D eigenvalue weighted by Gasteiger charge is 2.09. The molecule has 0 aliphatic heterocycles. The number of nitrogens with zero attached hydrogens (tertiary/aromatic N) is 4. The largest absolute Gasteiger partial charge is 0.348 e. The Bertz CT molecular complexity index is 1180.